The summed E-state index contributed by atoms with van der Waals surface area (Å²) in [5.41, 5.74) is 8.01. The van der Waals surface area contributed by atoms with Crippen molar-refractivity contribution in [2.24, 2.45) is 0 Å². The van der Waals surface area contributed by atoms with Gasteiger partial charge in [0.25, 0.3) is 0 Å². The minimum atomic E-state index is 0. The number of hydrogen-bond donors (Lipinski definition) is 0. The molecule has 4 rings (SSSR count). The maximum atomic E-state index is 5.49. The highest BCUT2D eigenvalue weighted by Gasteiger charge is 2.31. The highest BCUT2D eigenvalue weighted by atomic mass is 35.5. The number of ether oxygens (including phenoxy) is 1. The fourth-order valence-electron chi connectivity index (χ4n) is 4.35. The molecule has 1 aromatic carbocycles. The van der Waals surface area contributed by atoms with Crippen LogP contribution in [0, 0.1) is 20.8 Å². The van der Waals surface area contributed by atoms with E-state index in [0.29, 0.717) is 6.04 Å². The fraction of sp³-hybridized carbons (Fsp3) is 0.455. The lowest BCUT2D eigenvalue weighted by atomic mass is 10.0. The fourth-order valence-corrected chi connectivity index (χ4v) is 4.35. The van der Waals surface area contributed by atoms with Gasteiger partial charge in [0.05, 0.1) is 18.3 Å². The molecule has 0 radical (unpaired) electrons. The van der Waals surface area contributed by atoms with E-state index in [4.69, 9.17) is 14.8 Å². The second-order valence-corrected chi connectivity index (χ2v) is 7.47. The predicted octanol–water partition coefficient (Wildman–Crippen LogP) is 4.53. The van der Waals surface area contributed by atoms with Crippen LogP contribution in [0.2, 0.25) is 0 Å². The summed E-state index contributed by atoms with van der Waals surface area (Å²) in [5, 5.41) is 4.94. The van der Waals surface area contributed by atoms with Crippen LogP contribution in [-0.2, 0) is 11.2 Å². The van der Waals surface area contributed by atoms with E-state index in [2.05, 4.69) is 61.4 Å². The van der Waals surface area contributed by atoms with Gasteiger partial charge in [-0.1, -0.05) is 31.2 Å². The van der Waals surface area contributed by atoms with Crippen LogP contribution in [0.1, 0.15) is 35.9 Å². The van der Waals surface area contributed by atoms with Gasteiger partial charge < -0.3 is 9.64 Å². The van der Waals surface area contributed by atoms with Crippen molar-refractivity contribution in [3.63, 3.8) is 0 Å². The summed E-state index contributed by atoms with van der Waals surface area (Å²) in [6.07, 6.45) is 2.06. The van der Waals surface area contributed by atoms with E-state index in [0.717, 1.165) is 48.6 Å². The van der Waals surface area contributed by atoms with Crippen LogP contribution >= 0.6 is 12.4 Å². The zero-order chi connectivity index (χ0) is 19.1. The van der Waals surface area contributed by atoms with Crippen LogP contribution in [0.25, 0.3) is 16.8 Å². The number of anilines is 1. The van der Waals surface area contributed by atoms with Crippen molar-refractivity contribution in [1.82, 2.24) is 14.6 Å². The quantitative estimate of drug-likeness (QED) is 0.631. The van der Waals surface area contributed by atoms with E-state index < -0.39 is 0 Å². The number of hydrogen-bond acceptors (Lipinski definition) is 4. The molecular formula is C22H29ClN4O. The normalized spacial score (nSPS) is 14.2. The molecule has 1 aliphatic heterocycles. The first-order valence-electron chi connectivity index (χ1n) is 9.77. The van der Waals surface area contributed by atoms with Gasteiger partial charge in [-0.25, -0.2) is 4.98 Å². The first-order valence-corrected chi connectivity index (χ1v) is 9.77. The van der Waals surface area contributed by atoms with E-state index in [1.165, 1.54) is 22.5 Å². The molecule has 150 valence electrons. The second kappa shape index (κ2) is 8.10. The Morgan fingerprint density at radius 2 is 1.89 bits per heavy atom. The third kappa shape index (κ3) is 3.16. The molecule has 0 N–H and O–H groups in total. The summed E-state index contributed by atoms with van der Waals surface area (Å²) < 4.78 is 7.57. The molecule has 3 aromatic rings. The minimum Gasteiger partial charge on any atom is -0.383 e. The standard InChI is InChI=1S/C22H28N4O.ClH/c1-6-17(13-27-5)25-12-11-19-15(3)23-21-20(16(4)24-26(21)22(19)25)18-10-8-7-9-14(18)2;/h7-10,17H,6,11-13H2,1-5H3;1H. The molecule has 1 atom stereocenters. The Labute approximate surface area is 173 Å². The second-order valence-electron chi connectivity index (χ2n) is 7.47. The van der Waals surface area contributed by atoms with E-state index in [9.17, 15) is 0 Å². The molecule has 0 saturated heterocycles. The van der Waals surface area contributed by atoms with Gasteiger partial charge in [-0.2, -0.15) is 9.61 Å². The van der Waals surface area contributed by atoms with Gasteiger partial charge in [0.2, 0.25) is 0 Å². The number of benzene rings is 1. The third-order valence-electron chi connectivity index (χ3n) is 5.78. The van der Waals surface area contributed by atoms with Gasteiger partial charge in [0, 0.05) is 30.5 Å². The zero-order valence-corrected chi connectivity index (χ0v) is 18.1. The monoisotopic (exact) mass is 400 g/mol. The highest BCUT2D eigenvalue weighted by Crippen LogP contribution is 2.37. The van der Waals surface area contributed by atoms with E-state index in [1.54, 1.807) is 7.11 Å². The van der Waals surface area contributed by atoms with Gasteiger partial charge in [-0.15, -0.1) is 12.4 Å². The largest absolute Gasteiger partial charge is 0.383 e. The lowest BCUT2D eigenvalue weighted by molar-refractivity contribution is 0.175. The van der Waals surface area contributed by atoms with Crippen LogP contribution in [0.15, 0.2) is 24.3 Å². The highest BCUT2D eigenvalue weighted by molar-refractivity contribution is 5.85. The molecule has 0 aliphatic carbocycles. The summed E-state index contributed by atoms with van der Waals surface area (Å²) in [4.78, 5) is 7.46. The maximum absolute atomic E-state index is 5.49. The average molecular weight is 401 g/mol. The van der Waals surface area contributed by atoms with E-state index >= 15 is 0 Å². The first-order chi connectivity index (χ1) is 13.1. The van der Waals surface area contributed by atoms with Crippen LogP contribution < -0.4 is 4.90 Å². The molecule has 2 aromatic heterocycles. The van der Waals surface area contributed by atoms with Gasteiger partial charge in [0.1, 0.15) is 5.82 Å². The minimum absolute atomic E-state index is 0. The van der Waals surface area contributed by atoms with Crippen molar-refractivity contribution in [3.05, 3.63) is 46.8 Å². The van der Waals surface area contributed by atoms with Crippen molar-refractivity contribution in [2.75, 3.05) is 25.2 Å². The van der Waals surface area contributed by atoms with Gasteiger partial charge in [-0.05, 0) is 44.7 Å². The number of nitrogens with zero attached hydrogens (tertiary/aromatic N) is 4. The van der Waals surface area contributed by atoms with Gasteiger partial charge >= 0.3 is 0 Å². The number of fused-ring (bicyclic) bond motifs is 3. The molecule has 0 spiro atoms. The number of aryl methyl sites for hydroxylation is 3. The Hall–Kier alpha value is -2.11. The molecule has 3 heterocycles. The predicted molar refractivity (Wildman–Crippen MR) is 117 cm³/mol. The van der Waals surface area contributed by atoms with Crippen molar-refractivity contribution >= 4 is 23.9 Å². The Bertz CT molecular complexity index is 998. The lowest BCUT2D eigenvalue weighted by Gasteiger charge is -2.29. The van der Waals surface area contributed by atoms with Crippen molar-refractivity contribution in [3.8, 4) is 11.1 Å². The number of aromatic nitrogens is 3. The summed E-state index contributed by atoms with van der Waals surface area (Å²) in [5.74, 6) is 1.20. The molecular weight excluding hydrogens is 372 g/mol. The third-order valence-corrected chi connectivity index (χ3v) is 5.78. The molecule has 6 heteroatoms. The Balaban J connectivity index is 0.00000225. The van der Waals surface area contributed by atoms with Crippen LogP contribution in [0.5, 0.6) is 0 Å². The molecule has 0 amide bonds. The Kier molecular flexibility index (Phi) is 5.96. The Morgan fingerprint density at radius 3 is 2.57 bits per heavy atom. The maximum Gasteiger partial charge on any atom is 0.165 e. The summed E-state index contributed by atoms with van der Waals surface area (Å²) in [6.45, 7) is 10.3. The number of methoxy groups -OCH3 is 1. The van der Waals surface area contributed by atoms with E-state index in [1.807, 2.05) is 0 Å². The molecule has 0 fully saturated rings. The van der Waals surface area contributed by atoms with Gasteiger partial charge in [0.15, 0.2) is 5.65 Å². The van der Waals surface area contributed by atoms with E-state index in [-0.39, 0.29) is 12.4 Å². The van der Waals surface area contributed by atoms with Gasteiger partial charge in [-0.3, -0.25) is 0 Å². The smallest absolute Gasteiger partial charge is 0.165 e. The Morgan fingerprint density at radius 1 is 1.14 bits per heavy atom. The zero-order valence-electron chi connectivity index (χ0n) is 17.3. The number of rotatable bonds is 5. The van der Waals surface area contributed by atoms with Crippen molar-refractivity contribution < 1.29 is 4.74 Å². The van der Waals surface area contributed by atoms with Crippen molar-refractivity contribution in [2.45, 2.75) is 46.6 Å². The van der Waals surface area contributed by atoms with Crippen molar-refractivity contribution in [1.29, 1.82) is 0 Å². The molecule has 0 saturated carbocycles. The average Bonchev–Trinajstić information content (AvgIpc) is 3.22. The topological polar surface area (TPSA) is 42.7 Å². The molecule has 28 heavy (non-hydrogen) atoms. The summed E-state index contributed by atoms with van der Waals surface area (Å²) in [7, 11) is 1.78. The SMILES string of the molecule is CCC(COC)N1CCc2c(C)nc3c(-c4ccccc4C)c(C)nn3c21.Cl. The first kappa shape index (κ1) is 20.6. The van der Waals surface area contributed by atoms with Crippen LogP contribution in [-0.4, -0.2) is 40.9 Å². The van der Waals surface area contributed by atoms with Crippen LogP contribution in [0.4, 0.5) is 5.82 Å². The molecule has 1 unspecified atom stereocenters. The summed E-state index contributed by atoms with van der Waals surface area (Å²) in [6, 6.07) is 8.84. The summed E-state index contributed by atoms with van der Waals surface area (Å²) >= 11 is 0. The molecule has 0 bridgehead atoms. The molecule has 1 aliphatic rings. The number of halogens is 1. The lowest BCUT2D eigenvalue weighted by Crippen LogP contribution is -2.37. The van der Waals surface area contributed by atoms with Crippen LogP contribution in [0.3, 0.4) is 0 Å². The molecule has 5 nitrogen and oxygen atoms in total.